The van der Waals surface area contributed by atoms with Gasteiger partial charge in [0.05, 0.1) is 5.56 Å². The molecular weight excluding hydrogens is 416 g/mol. The molecule has 0 unspecified atom stereocenters. The summed E-state index contributed by atoms with van der Waals surface area (Å²) in [5.74, 6) is -1.97. The van der Waals surface area contributed by atoms with E-state index in [1.165, 1.54) is 10.5 Å². The van der Waals surface area contributed by atoms with Crippen LogP contribution in [0.4, 0.5) is 5.82 Å². The Hall–Kier alpha value is -4.20. The van der Waals surface area contributed by atoms with E-state index >= 15 is 0 Å². The maximum Gasteiger partial charge on any atom is 0.300 e. The number of carboxylic acid groups (broad SMARTS) is 1. The van der Waals surface area contributed by atoms with Gasteiger partial charge in [-0.1, -0.05) is 6.07 Å². The molecule has 0 atom stereocenters. The van der Waals surface area contributed by atoms with Gasteiger partial charge in [-0.3, -0.25) is 23.6 Å². The third-order valence-corrected chi connectivity index (χ3v) is 4.94. The number of carbonyl (C=O) groups is 3. The first kappa shape index (κ1) is 24.1. The quantitative estimate of drug-likeness (QED) is 0.444. The van der Waals surface area contributed by atoms with Crippen LogP contribution in [0.3, 0.4) is 0 Å². The van der Waals surface area contributed by atoms with Crippen LogP contribution in [-0.2, 0) is 14.4 Å². The minimum absolute atomic E-state index is 0.107. The Bertz CT molecular complexity index is 1180. The number of amides is 2. The van der Waals surface area contributed by atoms with Crippen molar-refractivity contribution in [2.75, 3.05) is 18.0 Å². The molecule has 0 aliphatic carbocycles. The molecule has 0 spiro atoms. The lowest BCUT2D eigenvalue weighted by atomic mass is 9.96. The summed E-state index contributed by atoms with van der Waals surface area (Å²) in [7, 11) is 0. The van der Waals surface area contributed by atoms with Crippen LogP contribution >= 0.6 is 0 Å². The number of carboxylic acids is 1. The zero-order valence-electron chi connectivity index (χ0n) is 17.7. The highest BCUT2D eigenvalue weighted by Crippen LogP contribution is 2.25. The van der Waals surface area contributed by atoms with Crippen molar-refractivity contribution in [2.45, 2.75) is 26.7 Å². The molecular formula is C21H24N6O5. The van der Waals surface area contributed by atoms with E-state index in [2.05, 4.69) is 4.98 Å². The Labute approximate surface area is 183 Å². The van der Waals surface area contributed by atoms with Gasteiger partial charge in [-0.2, -0.15) is 5.26 Å². The van der Waals surface area contributed by atoms with Crippen molar-refractivity contribution in [1.29, 1.82) is 5.26 Å². The van der Waals surface area contributed by atoms with Crippen LogP contribution in [0.25, 0.3) is 11.7 Å². The molecule has 2 aromatic heterocycles. The fourth-order valence-electron chi connectivity index (χ4n) is 3.35. The van der Waals surface area contributed by atoms with Gasteiger partial charge in [-0.25, -0.2) is 4.98 Å². The monoisotopic (exact) mass is 440 g/mol. The number of fused-ring (bicyclic) bond motifs is 1. The number of piperidine rings is 1. The minimum atomic E-state index is -0.922. The number of nitriles is 1. The summed E-state index contributed by atoms with van der Waals surface area (Å²) in [6.07, 6.45) is 3.83. The van der Waals surface area contributed by atoms with E-state index < -0.39 is 17.4 Å². The molecule has 0 radical (unpaired) electrons. The molecule has 32 heavy (non-hydrogen) atoms. The van der Waals surface area contributed by atoms with E-state index in [4.69, 9.17) is 21.4 Å². The number of pyridine rings is 1. The minimum Gasteiger partial charge on any atom is -0.481 e. The largest absolute Gasteiger partial charge is 0.481 e. The number of nitrogens with two attached hydrogens (primary N) is 2. The van der Waals surface area contributed by atoms with Gasteiger partial charge in [-0.15, -0.1) is 0 Å². The van der Waals surface area contributed by atoms with Gasteiger partial charge in [0.25, 0.3) is 17.4 Å². The molecule has 3 rings (SSSR count). The summed E-state index contributed by atoms with van der Waals surface area (Å²) in [6, 6.07) is 5.28. The Morgan fingerprint density at radius 3 is 2.38 bits per heavy atom. The second-order valence-electron chi connectivity index (χ2n) is 7.26. The highest BCUT2D eigenvalue weighted by Gasteiger charge is 2.27. The van der Waals surface area contributed by atoms with Crippen molar-refractivity contribution in [3.63, 3.8) is 0 Å². The third kappa shape index (κ3) is 5.48. The van der Waals surface area contributed by atoms with E-state index in [9.17, 15) is 19.6 Å². The van der Waals surface area contributed by atoms with E-state index in [0.717, 1.165) is 12.5 Å². The summed E-state index contributed by atoms with van der Waals surface area (Å²) < 4.78 is 1.37. The van der Waals surface area contributed by atoms with Crippen molar-refractivity contribution in [1.82, 2.24) is 9.38 Å². The second-order valence-corrected chi connectivity index (χ2v) is 7.26. The predicted octanol–water partition coefficient (Wildman–Crippen LogP) is 0.188. The molecule has 2 aromatic rings. The van der Waals surface area contributed by atoms with Crippen LogP contribution < -0.4 is 21.9 Å². The van der Waals surface area contributed by atoms with E-state index in [1.54, 1.807) is 18.3 Å². The lowest BCUT2D eigenvalue weighted by molar-refractivity contribution is -0.134. The summed E-state index contributed by atoms with van der Waals surface area (Å²) in [5.41, 5.74) is 11.3. The molecule has 11 nitrogen and oxygen atoms in total. The van der Waals surface area contributed by atoms with Crippen molar-refractivity contribution < 1.29 is 19.5 Å². The topological polar surface area (TPSA) is 185 Å². The molecule has 1 saturated heterocycles. The predicted molar refractivity (Wildman–Crippen MR) is 116 cm³/mol. The number of aryl methyl sites for hydroxylation is 1. The van der Waals surface area contributed by atoms with Crippen molar-refractivity contribution in [3.05, 3.63) is 45.4 Å². The number of aromatic nitrogens is 2. The van der Waals surface area contributed by atoms with Gasteiger partial charge < -0.3 is 21.5 Å². The number of carbonyl (C=O) groups excluding carboxylic acids is 2. The van der Waals surface area contributed by atoms with Gasteiger partial charge in [0.15, 0.2) is 0 Å². The molecule has 1 fully saturated rings. The normalized spacial score (nSPS) is 14.3. The zero-order valence-corrected chi connectivity index (χ0v) is 17.7. The number of rotatable bonds is 4. The molecule has 5 N–H and O–H groups in total. The third-order valence-electron chi connectivity index (χ3n) is 4.94. The molecule has 0 bridgehead atoms. The van der Waals surface area contributed by atoms with Gasteiger partial charge >= 0.3 is 0 Å². The number of hydrogen-bond donors (Lipinski definition) is 3. The van der Waals surface area contributed by atoms with Gasteiger partial charge in [0, 0.05) is 32.1 Å². The first-order valence-corrected chi connectivity index (χ1v) is 9.74. The summed E-state index contributed by atoms with van der Waals surface area (Å²) >= 11 is 0. The number of hydrogen-bond acceptors (Lipinski definition) is 7. The number of nitrogens with zero attached hydrogens (tertiary/aromatic N) is 4. The molecule has 11 heteroatoms. The first-order chi connectivity index (χ1) is 15.1. The lowest BCUT2D eigenvalue weighted by Gasteiger charge is -2.32. The fourth-order valence-corrected chi connectivity index (χ4v) is 3.35. The highest BCUT2D eigenvalue weighted by atomic mass is 16.4. The molecule has 3 heterocycles. The summed E-state index contributed by atoms with van der Waals surface area (Å²) in [6.45, 7) is 3.87. The van der Waals surface area contributed by atoms with Gasteiger partial charge in [-0.05, 0) is 37.5 Å². The molecule has 0 aromatic carbocycles. The SMILES string of the molecule is CC(=O)O.Cc1cccn2c(=O)c(/C=C(/C#N)C(N)=O)c(N3CCC(C(N)=O)CC3)nc12. The highest BCUT2D eigenvalue weighted by molar-refractivity contribution is 6.01. The number of aliphatic carboxylic acids is 1. The van der Waals surface area contributed by atoms with Crippen LogP contribution in [0, 0.1) is 24.2 Å². The first-order valence-electron chi connectivity index (χ1n) is 9.74. The smallest absolute Gasteiger partial charge is 0.300 e. The van der Waals surface area contributed by atoms with Gasteiger partial charge in [0.1, 0.15) is 23.1 Å². The van der Waals surface area contributed by atoms with E-state index in [0.29, 0.717) is 37.4 Å². The van der Waals surface area contributed by atoms with Crippen LogP contribution in [0.1, 0.15) is 30.9 Å². The van der Waals surface area contributed by atoms with Crippen LogP contribution in [0.15, 0.2) is 28.7 Å². The van der Waals surface area contributed by atoms with Crippen LogP contribution in [-0.4, -0.2) is 45.4 Å². The van der Waals surface area contributed by atoms with Crippen molar-refractivity contribution in [3.8, 4) is 6.07 Å². The van der Waals surface area contributed by atoms with Gasteiger partial charge in [0.2, 0.25) is 5.91 Å². The van der Waals surface area contributed by atoms with E-state index in [1.807, 2.05) is 17.9 Å². The Morgan fingerprint density at radius 1 is 1.28 bits per heavy atom. The Morgan fingerprint density at radius 2 is 1.88 bits per heavy atom. The summed E-state index contributed by atoms with van der Waals surface area (Å²) in [4.78, 5) is 51.6. The average Bonchev–Trinajstić information content (AvgIpc) is 2.73. The number of anilines is 1. The maximum atomic E-state index is 13.1. The average molecular weight is 440 g/mol. The number of primary amides is 2. The van der Waals surface area contributed by atoms with Crippen LogP contribution in [0.5, 0.6) is 0 Å². The maximum absolute atomic E-state index is 13.1. The lowest BCUT2D eigenvalue weighted by Crippen LogP contribution is -2.40. The van der Waals surface area contributed by atoms with Crippen LogP contribution in [0.2, 0.25) is 0 Å². The van der Waals surface area contributed by atoms with Crippen molar-refractivity contribution >= 4 is 35.3 Å². The molecule has 2 amide bonds. The Balaban J connectivity index is 0.000000837. The summed E-state index contributed by atoms with van der Waals surface area (Å²) in [5, 5.41) is 16.6. The molecule has 168 valence electrons. The molecule has 1 aliphatic heterocycles. The second kappa shape index (κ2) is 10.2. The molecule has 0 saturated carbocycles. The zero-order chi connectivity index (χ0) is 24.0. The van der Waals surface area contributed by atoms with Crippen molar-refractivity contribution in [2.24, 2.45) is 17.4 Å². The standard InChI is InChI=1S/C19H20N6O3.C2H4O2/c1-11-3-2-6-25-17(11)23-18(24-7-4-12(5-8-24)15(21)26)14(19(25)28)9-13(10-20)16(22)27;1-2(3)4/h2-3,6,9,12H,4-5,7-8H2,1H3,(H2,21,26)(H2,22,27);1H3,(H,3,4)/b13-9-;. The Kier molecular flexibility index (Phi) is 7.68. The fraction of sp³-hybridized carbons (Fsp3) is 0.333. The molecule has 1 aliphatic rings. The van der Waals surface area contributed by atoms with E-state index in [-0.39, 0.29) is 23.0 Å².